The average Bonchev–Trinajstić information content (AvgIpc) is 2.55. The third-order valence-electron chi connectivity index (χ3n) is 1.84. The zero-order valence-corrected chi connectivity index (χ0v) is 8.70. The Balaban J connectivity index is 0.000000396. The van der Waals surface area contributed by atoms with Crippen molar-refractivity contribution in [2.24, 2.45) is 0 Å². The van der Waals surface area contributed by atoms with Crippen LogP contribution < -0.4 is 0 Å². The summed E-state index contributed by atoms with van der Waals surface area (Å²) in [6.07, 6.45) is 3.80. The number of aromatic nitrogens is 2. The van der Waals surface area contributed by atoms with Crippen molar-refractivity contribution in [2.75, 3.05) is 0 Å². The highest BCUT2D eigenvalue weighted by molar-refractivity contribution is 5.42. The molecule has 0 aliphatic heterocycles. The maximum Gasteiger partial charge on any atom is 0.137 e. The smallest absolute Gasteiger partial charge is 0.137 e. The SMILES string of the molecule is CC.Cc1cc(C)n2ccnc2c1. The number of rotatable bonds is 0. The highest BCUT2D eigenvalue weighted by atomic mass is 15.0. The van der Waals surface area contributed by atoms with Gasteiger partial charge in [0.2, 0.25) is 0 Å². The van der Waals surface area contributed by atoms with E-state index in [0.717, 1.165) is 5.65 Å². The van der Waals surface area contributed by atoms with E-state index in [0.29, 0.717) is 0 Å². The second kappa shape index (κ2) is 4.08. The summed E-state index contributed by atoms with van der Waals surface area (Å²) in [6, 6.07) is 4.22. The van der Waals surface area contributed by atoms with E-state index in [9.17, 15) is 0 Å². The highest BCUT2D eigenvalue weighted by Crippen LogP contribution is 2.08. The molecule has 0 amide bonds. The lowest BCUT2D eigenvalue weighted by Gasteiger charge is -1.99. The predicted molar refractivity (Wildman–Crippen MR) is 56.0 cm³/mol. The first-order valence-electron chi connectivity index (χ1n) is 4.68. The largest absolute Gasteiger partial charge is 0.304 e. The van der Waals surface area contributed by atoms with Crippen molar-refractivity contribution in [3.8, 4) is 0 Å². The molecular weight excluding hydrogens is 160 g/mol. The van der Waals surface area contributed by atoms with Gasteiger partial charge in [-0.1, -0.05) is 13.8 Å². The van der Waals surface area contributed by atoms with Gasteiger partial charge in [-0.25, -0.2) is 4.98 Å². The molecule has 0 saturated heterocycles. The van der Waals surface area contributed by atoms with Crippen LogP contribution in [-0.4, -0.2) is 9.38 Å². The topological polar surface area (TPSA) is 17.3 Å². The fraction of sp³-hybridized carbons (Fsp3) is 0.364. The van der Waals surface area contributed by atoms with Gasteiger partial charge in [-0.15, -0.1) is 0 Å². The Kier molecular flexibility index (Phi) is 3.07. The van der Waals surface area contributed by atoms with Gasteiger partial charge in [0.25, 0.3) is 0 Å². The Morgan fingerprint density at radius 2 is 1.85 bits per heavy atom. The number of fused-ring (bicyclic) bond motifs is 1. The summed E-state index contributed by atoms with van der Waals surface area (Å²) in [7, 11) is 0. The third-order valence-corrected chi connectivity index (χ3v) is 1.84. The van der Waals surface area contributed by atoms with E-state index < -0.39 is 0 Å². The maximum absolute atomic E-state index is 4.20. The van der Waals surface area contributed by atoms with Crippen LogP contribution in [0.15, 0.2) is 24.5 Å². The van der Waals surface area contributed by atoms with Crippen molar-refractivity contribution in [1.82, 2.24) is 9.38 Å². The molecule has 0 spiro atoms. The molecule has 0 aromatic carbocycles. The molecular formula is C11H16N2. The van der Waals surface area contributed by atoms with E-state index in [1.165, 1.54) is 11.3 Å². The molecule has 2 aromatic heterocycles. The summed E-state index contributed by atoms with van der Waals surface area (Å²) in [5, 5.41) is 0. The van der Waals surface area contributed by atoms with Crippen LogP contribution in [-0.2, 0) is 0 Å². The highest BCUT2D eigenvalue weighted by Gasteiger charge is 1.96. The lowest BCUT2D eigenvalue weighted by atomic mass is 10.2. The second-order valence-electron chi connectivity index (χ2n) is 2.83. The Labute approximate surface area is 79.2 Å². The Hall–Kier alpha value is -1.31. The molecule has 0 fully saturated rings. The standard InChI is InChI=1S/C9H10N2.C2H6/c1-7-5-8(2)11-4-3-10-9(11)6-7;1-2/h3-6H,1-2H3;1-2H3. The fourth-order valence-electron chi connectivity index (χ4n) is 1.36. The minimum absolute atomic E-state index is 1.03. The van der Waals surface area contributed by atoms with Crippen LogP contribution in [0.4, 0.5) is 0 Å². The Morgan fingerprint density at radius 1 is 1.15 bits per heavy atom. The van der Waals surface area contributed by atoms with Crippen molar-refractivity contribution in [1.29, 1.82) is 0 Å². The van der Waals surface area contributed by atoms with Gasteiger partial charge in [-0.3, -0.25) is 0 Å². The summed E-state index contributed by atoms with van der Waals surface area (Å²) in [5.74, 6) is 0. The molecule has 2 rings (SSSR count). The molecule has 70 valence electrons. The molecule has 0 N–H and O–H groups in total. The number of imidazole rings is 1. The van der Waals surface area contributed by atoms with Gasteiger partial charge in [-0.05, 0) is 31.5 Å². The van der Waals surface area contributed by atoms with Crippen molar-refractivity contribution in [2.45, 2.75) is 27.7 Å². The molecule has 13 heavy (non-hydrogen) atoms. The van der Waals surface area contributed by atoms with Crippen LogP contribution in [0, 0.1) is 13.8 Å². The van der Waals surface area contributed by atoms with E-state index in [4.69, 9.17) is 0 Å². The molecule has 2 nitrogen and oxygen atoms in total. The average molecular weight is 176 g/mol. The van der Waals surface area contributed by atoms with Crippen LogP contribution >= 0.6 is 0 Å². The van der Waals surface area contributed by atoms with E-state index in [1.807, 2.05) is 26.2 Å². The first kappa shape index (κ1) is 9.78. The molecule has 0 unspecified atom stereocenters. The van der Waals surface area contributed by atoms with E-state index >= 15 is 0 Å². The monoisotopic (exact) mass is 176 g/mol. The molecule has 0 aliphatic carbocycles. The normalized spacial score (nSPS) is 9.54. The van der Waals surface area contributed by atoms with Gasteiger partial charge in [-0.2, -0.15) is 0 Å². The minimum atomic E-state index is 1.03. The van der Waals surface area contributed by atoms with Crippen LogP contribution in [0.3, 0.4) is 0 Å². The molecule has 2 aromatic rings. The Morgan fingerprint density at radius 3 is 2.54 bits per heavy atom. The first-order chi connectivity index (χ1) is 6.27. The molecule has 0 atom stereocenters. The summed E-state index contributed by atoms with van der Waals surface area (Å²) < 4.78 is 2.08. The molecule has 2 heterocycles. The van der Waals surface area contributed by atoms with Gasteiger partial charge in [0.15, 0.2) is 0 Å². The van der Waals surface area contributed by atoms with Gasteiger partial charge < -0.3 is 4.40 Å². The van der Waals surface area contributed by atoms with E-state index in [-0.39, 0.29) is 0 Å². The second-order valence-corrected chi connectivity index (χ2v) is 2.83. The minimum Gasteiger partial charge on any atom is -0.304 e. The van der Waals surface area contributed by atoms with Crippen LogP contribution in [0.2, 0.25) is 0 Å². The number of hydrogen-bond donors (Lipinski definition) is 0. The van der Waals surface area contributed by atoms with Gasteiger partial charge in [0, 0.05) is 18.1 Å². The first-order valence-corrected chi connectivity index (χ1v) is 4.68. The van der Waals surface area contributed by atoms with Crippen molar-refractivity contribution < 1.29 is 0 Å². The molecule has 0 aliphatic rings. The van der Waals surface area contributed by atoms with Gasteiger partial charge >= 0.3 is 0 Å². The van der Waals surface area contributed by atoms with Gasteiger partial charge in [0.05, 0.1) is 0 Å². The van der Waals surface area contributed by atoms with E-state index in [2.05, 4.69) is 35.4 Å². The van der Waals surface area contributed by atoms with Crippen molar-refractivity contribution >= 4 is 5.65 Å². The zero-order chi connectivity index (χ0) is 9.84. The zero-order valence-electron chi connectivity index (χ0n) is 8.70. The predicted octanol–water partition coefficient (Wildman–Crippen LogP) is 2.98. The lowest BCUT2D eigenvalue weighted by Crippen LogP contribution is -1.89. The quantitative estimate of drug-likeness (QED) is 0.603. The van der Waals surface area contributed by atoms with Crippen molar-refractivity contribution in [3.05, 3.63) is 35.8 Å². The van der Waals surface area contributed by atoms with Crippen LogP contribution in [0.25, 0.3) is 5.65 Å². The molecule has 0 radical (unpaired) electrons. The number of nitrogens with zero attached hydrogens (tertiary/aromatic N) is 2. The fourth-order valence-corrected chi connectivity index (χ4v) is 1.36. The van der Waals surface area contributed by atoms with Crippen LogP contribution in [0.5, 0.6) is 0 Å². The summed E-state index contributed by atoms with van der Waals surface area (Å²) in [6.45, 7) is 8.17. The molecule has 0 saturated carbocycles. The molecule has 0 bridgehead atoms. The number of pyridine rings is 1. The lowest BCUT2D eigenvalue weighted by molar-refractivity contribution is 1.08. The van der Waals surface area contributed by atoms with Gasteiger partial charge in [0.1, 0.15) is 5.65 Å². The number of hydrogen-bond acceptors (Lipinski definition) is 1. The third kappa shape index (κ3) is 1.89. The van der Waals surface area contributed by atoms with E-state index in [1.54, 1.807) is 0 Å². The summed E-state index contributed by atoms with van der Waals surface area (Å²) in [4.78, 5) is 4.20. The molecule has 2 heteroatoms. The summed E-state index contributed by atoms with van der Waals surface area (Å²) >= 11 is 0. The maximum atomic E-state index is 4.20. The number of aryl methyl sites for hydroxylation is 2. The Bertz CT molecular complexity index is 388. The van der Waals surface area contributed by atoms with Crippen LogP contribution in [0.1, 0.15) is 25.1 Å². The summed E-state index contributed by atoms with van der Waals surface area (Å²) in [5.41, 5.74) is 3.53. The van der Waals surface area contributed by atoms with Crippen molar-refractivity contribution in [3.63, 3.8) is 0 Å².